The van der Waals surface area contributed by atoms with Crippen molar-refractivity contribution in [3.8, 4) is 5.75 Å². The number of aromatic nitrogens is 1. The molecule has 0 amide bonds. The number of carboxylic acid groups (broad SMARTS) is 1. The molecule has 3 aromatic rings. The maximum absolute atomic E-state index is 15.4. The number of halogens is 4. The fraction of sp³-hybridized carbons (Fsp3) is 0.448. The molecular weight excluding hydrogens is 500 g/mol. The molecule has 0 bridgehead atoms. The molecule has 1 aromatic heterocycles. The van der Waals surface area contributed by atoms with Crippen molar-refractivity contribution in [2.75, 3.05) is 26.7 Å². The van der Waals surface area contributed by atoms with Gasteiger partial charge in [-0.25, -0.2) is 4.39 Å². The lowest BCUT2D eigenvalue weighted by Gasteiger charge is -2.37. The van der Waals surface area contributed by atoms with Gasteiger partial charge < -0.3 is 14.7 Å². The second kappa shape index (κ2) is 12.1. The normalized spacial score (nSPS) is 19.4. The van der Waals surface area contributed by atoms with Gasteiger partial charge in [-0.1, -0.05) is 18.2 Å². The molecule has 38 heavy (non-hydrogen) atoms. The summed E-state index contributed by atoms with van der Waals surface area (Å²) in [6.07, 6.45) is -2.11. The van der Waals surface area contributed by atoms with E-state index in [1.807, 2.05) is 4.90 Å². The van der Waals surface area contributed by atoms with Crippen molar-refractivity contribution < 1.29 is 32.2 Å². The number of hydrogen-bond donors (Lipinski definition) is 1. The minimum atomic E-state index is -4.40. The van der Waals surface area contributed by atoms with Crippen LogP contribution in [0.15, 0.2) is 54.7 Å². The van der Waals surface area contributed by atoms with Gasteiger partial charge in [-0.05, 0) is 92.6 Å². The maximum Gasteiger partial charge on any atom is 0.416 e. The van der Waals surface area contributed by atoms with Crippen LogP contribution >= 0.6 is 0 Å². The van der Waals surface area contributed by atoms with E-state index in [2.05, 4.69) is 4.98 Å². The third-order valence-corrected chi connectivity index (χ3v) is 7.51. The summed E-state index contributed by atoms with van der Waals surface area (Å²) in [4.78, 5) is 18.3. The number of hydrogen-bond acceptors (Lipinski definition) is 4. The molecule has 9 heteroatoms. The first-order chi connectivity index (χ1) is 18.2. The van der Waals surface area contributed by atoms with Crippen LogP contribution in [0.1, 0.15) is 48.5 Å². The molecule has 1 aliphatic heterocycles. The first kappa shape index (κ1) is 27.8. The molecule has 2 aromatic carbocycles. The summed E-state index contributed by atoms with van der Waals surface area (Å²) in [5, 5.41) is 10.5. The summed E-state index contributed by atoms with van der Waals surface area (Å²) in [6.45, 7) is 1.47. The van der Waals surface area contributed by atoms with Gasteiger partial charge in [0.25, 0.3) is 0 Å². The molecule has 0 spiro atoms. The SMILES string of the molecule is COc1ccc2nccc([C@@H](F)CC[C@@H]3CCN(CCCc4ccccc4C(F)(F)F)C[C@@H]3C(=O)O)c2c1. The van der Waals surface area contributed by atoms with Gasteiger partial charge in [-0.2, -0.15) is 13.2 Å². The third-order valence-electron chi connectivity index (χ3n) is 7.51. The second-order valence-electron chi connectivity index (χ2n) is 9.88. The predicted molar refractivity (Wildman–Crippen MR) is 137 cm³/mol. The number of alkyl halides is 4. The number of piperidine rings is 1. The van der Waals surface area contributed by atoms with Crippen molar-refractivity contribution in [1.82, 2.24) is 9.88 Å². The number of aliphatic carboxylic acids is 1. The van der Waals surface area contributed by atoms with E-state index in [0.717, 1.165) is 6.07 Å². The van der Waals surface area contributed by atoms with Gasteiger partial charge >= 0.3 is 12.1 Å². The summed E-state index contributed by atoms with van der Waals surface area (Å²) >= 11 is 0. The van der Waals surface area contributed by atoms with Gasteiger partial charge in [0.1, 0.15) is 11.9 Å². The average Bonchev–Trinajstić information content (AvgIpc) is 2.91. The van der Waals surface area contributed by atoms with E-state index in [1.165, 1.54) is 12.1 Å². The van der Waals surface area contributed by atoms with Crippen molar-refractivity contribution in [1.29, 1.82) is 0 Å². The average molecular weight is 533 g/mol. The van der Waals surface area contributed by atoms with Gasteiger partial charge in [0.2, 0.25) is 0 Å². The quantitative estimate of drug-likeness (QED) is 0.294. The summed E-state index contributed by atoms with van der Waals surface area (Å²) < 4.78 is 60.4. The standard InChI is InChI=1S/C29H32F4N2O3/c1-38-21-9-11-27-23(17-21)22(12-14-34-27)26(30)10-8-19-13-16-35(18-24(19)28(36)37)15-4-6-20-5-2-3-7-25(20)29(31,32)33/h2-3,5,7,9,11-12,14,17,19,24,26H,4,6,8,10,13,15-16,18H2,1H3,(H,36,37)/t19-,24+,26+/m1/s1. The molecule has 1 fully saturated rings. The Balaban J connectivity index is 1.34. The summed E-state index contributed by atoms with van der Waals surface area (Å²) in [6, 6.07) is 12.5. The number of rotatable bonds is 10. The Bertz CT molecular complexity index is 1250. The maximum atomic E-state index is 15.4. The van der Waals surface area contributed by atoms with Crippen molar-refractivity contribution in [2.24, 2.45) is 11.8 Å². The second-order valence-corrected chi connectivity index (χ2v) is 9.88. The van der Waals surface area contributed by atoms with Gasteiger partial charge in [0, 0.05) is 18.1 Å². The molecule has 0 radical (unpaired) electrons. The third kappa shape index (κ3) is 6.62. The van der Waals surface area contributed by atoms with Crippen LogP contribution < -0.4 is 4.74 Å². The minimum absolute atomic E-state index is 0.171. The Kier molecular flexibility index (Phi) is 8.87. The highest BCUT2D eigenvalue weighted by Crippen LogP contribution is 2.36. The van der Waals surface area contributed by atoms with Crippen LogP contribution in [0, 0.1) is 11.8 Å². The zero-order chi connectivity index (χ0) is 27.3. The van der Waals surface area contributed by atoms with E-state index >= 15 is 4.39 Å². The zero-order valence-electron chi connectivity index (χ0n) is 21.3. The van der Waals surface area contributed by atoms with Gasteiger partial charge in [0.05, 0.1) is 24.1 Å². The monoisotopic (exact) mass is 532 g/mol. The lowest BCUT2D eigenvalue weighted by Crippen LogP contribution is -2.44. The Morgan fingerprint density at radius 2 is 2.00 bits per heavy atom. The number of carbonyl (C=O) groups is 1. The fourth-order valence-electron chi connectivity index (χ4n) is 5.47. The molecular formula is C29H32F4N2O3. The minimum Gasteiger partial charge on any atom is -0.497 e. The van der Waals surface area contributed by atoms with Crippen molar-refractivity contribution in [3.05, 3.63) is 71.4 Å². The number of ether oxygens (including phenoxy) is 1. The van der Waals surface area contributed by atoms with E-state index < -0.39 is 29.8 Å². The molecule has 0 aliphatic carbocycles. The molecule has 0 unspecified atom stereocenters. The fourth-order valence-corrected chi connectivity index (χ4v) is 5.47. The zero-order valence-corrected chi connectivity index (χ0v) is 21.3. The Morgan fingerprint density at radius 3 is 2.74 bits per heavy atom. The van der Waals surface area contributed by atoms with Crippen LogP contribution in [0.25, 0.3) is 10.9 Å². The number of carboxylic acids is 1. The summed E-state index contributed by atoms with van der Waals surface area (Å²) in [5.74, 6) is -1.13. The smallest absolute Gasteiger partial charge is 0.416 e. The Labute approximate surface area is 219 Å². The highest BCUT2D eigenvalue weighted by Gasteiger charge is 2.35. The number of nitrogens with zero attached hydrogens (tertiary/aromatic N) is 2. The van der Waals surface area contributed by atoms with Crippen LogP contribution in [0.5, 0.6) is 5.75 Å². The predicted octanol–water partition coefficient (Wildman–Crippen LogP) is 6.71. The number of likely N-dealkylation sites (tertiary alicyclic amines) is 1. The van der Waals surface area contributed by atoms with E-state index in [4.69, 9.17) is 4.74 Å². The highest BCUT2D eigenvalue weighted by molar-refractivity contribution is 5.83. The topological polar surface area (TPSA) is 62.7 Å². The van der Waals surface area contributed by atoms with Crippen LogP contribution in [0.2, 0.25) is 0 Å². The van der Waals surface area contributed by atoms with Gasteiger partial charge in [0.15, 0.2) is 0 Å². The van der Waals surface area contributed by atoms with Crippen molar-refractivity contribution in [3.63, 3.8) is 0 Å². The van der Waals surface area contributed by atoms with E-state index in [1.54, 1.807) is 43.6 Å². The van der Waals surface area contributed by atoms with Crippen molar-refractivity contribution >= 4 is 16.9 Å². The number of aryl methyl sites for hydroxylation is 1. The molecule has 1 aliphatic rings. The Hall–Kier alpha value is -3.20. The van der Waals surface area contributed by atoms with E-state index in [-0.39, 0.29) is 24.3 Å². The van der Waals surface area contributed by atoms with E-state index in [9.17, 15) is 23.1 Å². The summed E-state index contributed by atoms with van der Waals surface area (Å²) in [5.41, 5.74) is 0.807. The molecule has 0 saturated carbocycles. The van der Waals surface area contributed by atoms with Crippen molar-refractivity contribution in [2.45, 2.75) is 44.5 Å². The van der Waals surface area contributed by atoms with Gasteiger partial charge in [-0.3, -0.25) is 9.78 Å². The lowest BCUT2D eigenvalue weighted by molar-refractivity contribution is -0.146. The number of benzene rings is 2. The first-order valence-corrected chi connectivity index (χ1v) is 12.8. The van der Waals surface area contributed by atoms with E-state index in [0.29, 0.717) is 61.1 Å². The molecule has 4 rings (SSSR count). The molecule has 1 saturated heterocycles. The first-order valence-electron chi connectivity index (χ1n) is 12.8. The van der Waals surface area contributed by atoms with Crippen LogP contribution in [-0.4, -0.2) is 47.7 Å². The number of fused-ring (bicyclic) bond motifs is 1. The van der Waals surface area contributed by atoms with Gasteiger partial charge in [-0.15, -0.1) is 0 Å². The van der Waals surface area contributed by atoms with Crippen LogP contribution in [-0.2, 0) is 17.4 Å². The number of methoxy groups -OCH3 is 1. The molecule has 3 atom stereocenters. The number of pyridine rings is 1. The van der Waals surface area contributed by atoms with Crippen LogP contribution in [0.4, 0.5) is 17.6 Å². The Morgan fingerprint density at radius 1 is 1.21 bits per heavy atom. The molecule has 1 N–H and O–H groups in total. The largest absolute Gasteiger partial charge is 0.497 e. The lowest BCUT2D eigenvalue weighted by atomic mass is 9.81. The summed E-state index contributed by atoms with van der Waals surface area (Å²) in [7, 11) is 1.55. The highest BCUT2D eigenvalue weighted by atomic mass is 19.4. The molecule has 5 nitrogen and oxygen atoms in total. The van der Waals surface area contributed by atoms with Crippen LogP contribution in [0.3, 0.4) is 0 Å². The molecule has 204 valence electrons. The molecule has 2 heterocycles.